The van der Waals surface area contributed by atoms with Gasteiger partial charge in [-0.25, -0.2) is 4.98 Å². The van der Waals surface area contributed by atoms with Gasteiger partial charge in [0.2, 0.25) is 0 Å². The number of pyridine rings is 1. The molecule has 0 atom stereocenters. The molecule has 0 bridgehead atoms. The van der Waals surface area contributed by atoms with Crippen molar-refractivity contribution in [1.29, 1.82) is 0 Å². The number of ether oxygens (including phenoxy) is 1. The Bertz CT molecular complexity index is 481. The standard InChI is InChI=1S/C11H14BrN3O4/c1-14(5-3-4-10(16)19-2)11-9(12)6-8(7-13-11)15(17)18/h6-7H,3-5H2,1-2H3. The SMILES string of the molecule is COC(=O)CCCN(C)c1ncc([N+](=O)[O-])cc1Br. The average Bonchev–Trinajstić information content (AvgIpc) is 2.37. The highest BCUT2D eigenvalue weighted by Crippen LogP contribution is 2.26. The summed E-state index contributed by atoms with van der Waals surface area (Å²) in [5.74, 6) is 0.333. The van der Waals surface area contributed by atoms with Gasteiger partial charge in [0.1, 0.15) is 12.0 Å². The molecule has 0 saturated heterocycles. The summed E-state index contributed by atoms with van der Waals surface area (Å²) in [6.07, 6.45) is 2.15. The first-order valence-electron chi connectivity index (χ1n) is 5.53. The minimum Gasteiger partial charge on any atom is -0.469 e. The summed E-state index contributed by atoms with van der Waals surface area (Å²) in [6, 6.07) is 1.40. The van der Waals surface area contributed by atoms with Crippen LogP contribution in [0.5, 0.6) is 0 Å². The van der Waals surface area contributed by atoms with Crippen LogP contribution in [0.2, 0.25) is 0 Å². The number of halogens is 1. The first-order chi connectivity index (χ1) is 8.95. The van der Waals surface area contributed by atoms with E-state index in [1.807, 2.05) is 4.90 Å². The van der Waals surface area contributed by atoms with Crippen LogP contribution in [0, 0.1) is 10.1 Å². The van der Waals surface area contributed by atoms with Gasteiger partial charge < -0.3 is 9.64 Å². The summed E-state index contributed by atoms with van der Waals surface area (Å²) in [4.78, 5) is 26.9. The zero-order valence-electron chi connectivity index (χ0n) is 10.6. The monoisotopic (exact) mass is 331 g/mol. The summed E-state index contributed by atoms with van der Waals surface area (Å²) in [7, 11) is 3.15. The van der Waals surface area contributed by atoms with Gasteiger partial charge in [0.05, 0.1) is 16.5 Å². The van der Waals surface area contributed by atoms with Crippen LogP contribution < -0.4 is 4.90 Å². The van der Waals surface area contributed by atoms with E-state index in [2.05, 4.69) is 25.7 Å². The van der Waals surface area contributed by atoms with E-state index in [-0.39, 0.29) is 11.7 Å². The Kier molecular flexibility index (Phi) is 5.68. The topological polar surface area (TPSA) is 85.6 Å². The van der Waals surface area contributed by atoms with Crippen molar-refractivity contribution < 1.29 is 14.5 Å². The first-order valence-corrected chi connectivity index (χ1v) is 6.33. The minimum atomic E-state index is -0.501. The zero-order chi connectivity index (χ0) is 14.4. The van der Waals surface area contributed by atoms with Crippen LogP contribution in [-0.2, 0) is 9.53 Å². The third kappa shape index (κ3) is 4.47. The van der Waals surface area contributed by atoms with Gasteiger partial charge >= 0.3 is 5.97 Å². The van der Waals surface area contributed by atoms with E-state index >= 15 is 0 Å². The molecule has 0 aromatic carbocycles. The van der Waals surface area contributed by atoms with Crippen molar-refractivity contribution in [2.24, 2.45) is 0 Å². The van der Waals surface area contributed by atoms with Crippen molar-refractivity contribution in [2.45, 2.75) is 12.8 Å². The van der Waals surface area contributed by atoms with Gasteiger partial charge in [-0.1, -0.05) is 0 Å². The van der Waals surface area contributed by atoms with Crippen molar-refractivity contribution >= 4 is 33.4 Å². The predicted octanol–water partition coefficient (Wildman–Crippen LogP) is 2.14. The molecular weight excluding hydrogens is 318 g/mol. The number of hydrogen-bond donors (Lipinski definition) is 0. The van der Waals surface area contributed by atoms with Crippen LogP contribution in [-0.4, -0.2) is 36.6 Å². The second-order valence-corrected chi connectivity index (χ2v) is 4.71. The molecule has 0 amide bonds. The quantitative estimate of drug-likeness (QED) is 0.451. The van der Waals surface area contributed by atoms with E-state index in [0.29, 0.717) is 29.7 Å². The lowest BCUT2D eigenvalue weighted by atomic mass is 10.3. The second kappa shape index (κ2) is 7.03. The van der Waals surface area contributed by atoms with Gasteiger partial charge in [-0.2, -0.15) is 0 Å². The Balaban J connectivity index is 2.64. The molecule has 0 N–H and O–H groups in total. The van der Waals surface area contributed by atoms with Crippen LogP contribution >= 0.6 is 15.9 Å². The number of anilines is 1. The number of carbonyl (C=O) groups is 1. The van der Waals surface area contributed by atoms with Crippen LogP contribution in [0.15, 0.2) is 16.7 Å². The Hall–Kier alpha value is -1.70. The number of nitro groups is 1. The second-order valence-electron chi connectivity index (χ2n) is 3.86. The maximum Gasteiger partial charge on any atom is 0.305 e. The summed E-state index contributed by atoms with van der Waals surface area (Å²) in [5, 5.41) is 10.6. The summed E-state index contributed by atoms with van der Waals surface area (Å²) in [5.41, 5.74) is -0.0708. The number of nitrogens with zero attached hydrogens (tertiary/aromatic N) is 3. The van der Waals surface area contributed by atoms with Crippen LogP contribution in [0.3, 0.4) is 0 Å². The largest absolute Gasteiger partial charge is 0.469 e. The molecule has 0 fully saturated rings. The minimum absolute atomic E-state index is 0.0708. The van der Waals surface area contributed by atoms with Crippen molar-refractivity contribution in [3.05, 3.63) is 26.9 Å². The fourth-order valence-electron chi connectivity index (χ4n) is 1.47. The van der Waals surface area contributed by atoms with E-state index in [1.54, 1.807) is 7.05 Å². The molecule has 19 heavy (non-hydrogen) atoms. The van der Waals surface area contributed by atoms with E-state index in [9.17, 15) is 14.9 Å². The van der Waals surface area contributed by atoms with Gasteiger partial charge in [-0.3, -0.25) is 14.9 Å². The molecule has 104 valence electrons. The third-order valence-electron chi connectivity index (χ3n) is 2.48. The highest BCUT2D eigenvalue weighted by atomic mass is 79.9. The maximum absolute atomic E-state index is 11.0. The molecule has 8 heteroatoms. The van der Waals surface area contributed by atoms with Crippen molar-refractivity contribution in [1.82, 2.24) is 4.98 Å². The molecule has 1 heterocycles. The fraction of sp³-hybridized carbons (Fsp3) is 0.455. The summed E-state index contributed by atoms with van der Waals surface area (Å²) >= 11 is 3.25. The lowest BCUT2D eigenvalue weighted by Crippen LogP contribution is -2.21. The normalized spacial score (nSPS) is 10.1. The van der Waals surface area contributed by atoms with Crippen molar-refractivity contribution in [3.8, 4) is 0 Å². The van der Waals surface area contributed by atoms with Crippen molar-refractivity contribution in [3.63, 3.8) is 0 Å². The van der Waals surface area contributed by atoms with Crippen LogP contribution in [0.4, 0.5) is 11.5 Å². The van der Waals surface area contributed by atoms with Crippen molar-refractivity contribution in [2.75, 3.05) is 25.6 Å². The molecule has 7 nitrogen and oxygen atoms in total. The lowest BCUT2D eigenvalue weighted by molar-refractivity contribution is -0.385. The number of methoxy groups -OCH3 is 1. The molecule has 0 aliphatic rings. The molecule has 0 aliphatic heterocycles. The Labute approximate surface area is 118 Å². The third-order valence-corrected chi connectivity index (χ3v) is 3.07. The fourth-order valence-corrected chi connectivity index (χ4v) is 2.11. The molecule has 1 aromatic heterocycles. The molecule has 0 saturated carbocycles. The molecule has 0 unspecified atom stereocenters. The summed E-state index contributed by atoms with van der Waals surface area (Å²) in [6.45, 7) is 0.596. The Morgan fingerprint density at radius 3 is 2.84 bits per heavy atom. The Morgan fingerprint density at radius 1 is 1.63 bits per heavy atom. The van der Waals surface area contributed by atoms with E-state index in [1.165, 1.54) is 19.4 Å². The molecule has 0 aliphatic carbocycles. The predicted molar refractivity (Wildman–Crippen MR) is 73.1 cm³/mol. The lowest BCUT2D eigenvalue weighted by Gasteiger charge is -2.18. The van der Waals surface area contributed by atoms with Gasteiger partial charge in [0, 0.05) is 26.1 Å². The maximum atomic E-state index is 11.0. The molecule has 0 radical (unpaired) electrons. The van der Waals surface area contributed by atoms with Gasteiger partial charge in [-0.05, 0) is 22.4 Å². The molecular formula is C11H14BrN3O4. The van der Waals surface area contributed by atoms with Crippen LogP contribution in [0.25, 0.3) is 0 Å². The Morgan fingerprint density at radius 2 is 2.32 bits per heavy atom. The highest BCUT2D eigenvalue weighted by molar-refractivity contribution is 9.10. The van der Waals surface area contributed by atoms with Gasteiger partial charge in [0.15, 0.2) is 0 Å². The zero-order valence-corrected chi connectivity index (χ0v) is 12.2. The first kappa shape index (κ1) is 15.4. The molecule has 0 spiro atoms. The molecule has 1 rings (SSSR count). The number of carbonyl (C=O) groups excluding carboxylic acids is 1. The number of esters is 1. The smallest absolute Gasteiger partial charge is 0.305 e. The number of aromatic nitrogens is 1. The molecule has 1 aromatic rings. The number of hydrogen-bond acceptors (Lipinski definition) is 6. The van der Waals surface area contributed by atoms with E-state index in [0.717, 1.165) is 0 Å². The average molecular weight is 332 g/mol. The van der Waals surface area contributed by atoms with Gasteiger partial charge in [0.25, 0.3) is 5.69 Å². The van der Waals surface area contributed by atoms with E-state index < -0.39 is 4.92 Å². The van der Waals surface area contributed by atoms with Crippen LogP contribution in [0.1, 0.15) is 12.8 Å². The van der Waals surface area contributed by atoms with E-state index in [4.69, 9.17) is 0 Å². The van der Waals surface area contributed by atoms with Gasteiger partial charge in [-0.15, -0.1) is 0 Å². The summed E-state index contributed by atoms with van der Waals surface area (Å²) < 4.78 is 5.09. The number of rotatable bonds is 6. The highest BCUT2D eigenvalue weighted by Gasteiger charge is 2.13.